The van der Waals surface area contributed by atoms with Crippen molar-refractivity contribution in [1.29, 1.82) is 0 Å². The van der Waals surface area contributed by atoms with Crippen LogP contribution in [0.15, 0.2) is 0 Å². The van der Waals surface area contributed by atoms with Crippen LogP contribution in [-0.2, 0) is 14.5 Å². The summed E-state index contributed by atoms with van der Waals surface area (Å²) in [6, 6.07) is 0. The van der Waals surface area contributed by atoms with Gasteiger partial charge in [0.1, 0.15) is 0 Å². The lowest BCUT2D eigenvalue weighted by Gasteiger charge is -2.43. The molecule has 0 spiro atoms. The van der Waals surface area contributed by atoms with Crippen LogP contribution in [0.1, 0.15) is 40.5 Å². The fraction of sp³-hybridized carbons (Fsp3) is 0.917. The Morgan fingerprint density at radius 3 is 2.63 bits per heavy atom. The summed E-state index contributed by atoms with van der Waals surface area (Å²) >= 11 is 0. The molecule has 19 heavy (non-hydrogen) atoms. The molecule has 0 aliphatic carbocycles. The molecule has 1 fully saturated rings. The highest BCUT2D eigenvalue weighted by Crippen LogP contribution is 2.32. The molecule has 7 heteroatoms. The first-order valence-electron chi connectivity index (χ1n) is 6.49. The second kappa shape index (κ2) is 6.18. The van der Waals surface area contributed by atoms with E-state index >= 15 is 0 Å². The van der Waals surface area contributed by atoms with E-state index in [2.05, 4.69) is 4.84 Å². The van der Waals surface area contributed by atoms with Gasteiger partial charge in [-0.3, -0.25) is 4.79 Å². The number of rotatable bonds is 5. The van der Waals surface area contributed by atoms with Crippen LogP contribution in [0.4, 0.5) is 0 Å². The van der Waals surface area contributed by atoms with Crippen LogP contribution in [0, 0.1) is 22.0 Å². The van der Waals surface area contributed by atoms with Crippen molar-refractivity contribution in [2.24, 2.45) is 11.8 Å². The molecule has 1 aliphatic rings. The zero-order chi connectivity index (χ0) is 14.6. The highest BCUT2D eigenvalue weighted by atomic mass is 16.9. The van der Waals surface area contributed by atoms with E-state index in [4.69, 9.17) is 4.84 Å². The van der Waals surface area contributed by atoms with Gasteiger partial charge in [0.2, 0.25) is 0 Å². The van der Waals surface area contributed by atoms with Crippen LogP contribution in [0.2, 0.25) is 0 Å². The van der Waals surface area contributed by atoms with E-state index in [1.165, 1.54) is 0 Å². The lowest BCUT2D eigenvalue weighted by atomic mass is 9.84. The molecular weight excluding hydrogens is 252 g/mol. The highest BCUT2D eigenvalue weighted by molar-refractivity contribution is 5.71. The van der Waals surface area contributed by atoms with Gasteiger partial charge in [0, 0.05) is 6.54 Å². The average Bonchev–Trinajstić information content (AvgIpc) is 2.28. The normalized spacial score (nSPS) is 23.1. The van der Waals surface area contributed by atoms with Gasteiger partial charge in [-0.1, -0.05) is 13.8 Å². The van der Waals surface area contributed by atoms with Crippen LogP contribution in [0.3, 0.4) is 0 Å². The minimum Gasteiger partial charge on any atom is -0.367 e. The summed E-state index contributed by atoms with van der Waals surface area (Å²) in [5.41, 5.74) is -0.340. The Balaban J connectivity index is 2.52. The third-order valence-electron chi connectivity index (χ3n) is 3.29. The quantitative estimate of drug-likeness (QED) is 0.561. The molecule has 0 radical (unpaired) electrons. The van der Waals surface area contributed by atoms with E-state index in [0.29, 0.717) is 19.4 Å². The van der Waals surface area contributed by atoms with Crippen molar-refractivity contribution >= 4 is 5.97 Å². The maximum Gasteiger partial charge on any atom is 0.327 e. The van der Waals surface area contributed by atoms with Gasteiger partial charge in [-0.2, -0.15) is 0 Å². The third kappa shape index (κ3) is 4.66. The van der Waals surface area contributed by atoms with Gasteiger partial charge >= 0.3 is 5.97 Å². The summed E-state index contributed by atoms with van der Waals surface area (Å²) in [7, 11) is 0. The maximum absolute atomic E-state index is 11.6. The Morgan fingerprint density at radius 1 is 1.53 bits per heavy atom. The highest BCUT2D eigenvalue weighted by Gasteiger charge is 2.38. The minimum absolute atomic E-state index is 0.0996. The number of nitrogens with zero attached hydrogens (tertiary/aromatic N) is 2. The van der Waals surface area contributed by atoms with Crippen molar-refractivity contribution in [3.05, 3.63) is 10.1 Å². The summed E-state index contributed by atoms with van der Waals surface area (Å²) in [5.74, 6) is -0.325. The van der Waals surface area contributed by atoms with Crippen molar-refractivity contribution in [1.82, 2.24) is 5.06 Å². The maximum atomic E-state index is 11.6. The molecule has 0 saturated carbocycles. The summed E-state index contributed by atoms with van der Waals surface area (Å²) in [6.45, 7) is 8.15. The van der Waals surface area contributed by atoms with Crippen LogP contribution >= 0.6 is 0 Å². The Labute approximate surface area is 112 Å². The molecule has 1 aliphatic heterocycles. The molecule has 1 heterocycles. The number of carbonyl (C=O) groups is 1. The van der Waals surface area contributed by atoms with Crippen molar-refractivity contribution in [3.8, 4) is 0 Å². The van der Waals surface area contributed by atoms with Gasteiger partial charge < -0.3 is 9.68 Å². The molecule has 0 aromatic rings. The van der Waals surface area contributed by atoms with E-state index < -0.39 is 5.09 Å². The van der Waals surface area contributed by atoms with Crippen molar-refractivity contribution in [2.75, 3.05) is 13.2 Å². The fourth-order valence-electron chi connectivity index (χ4n) is 2.20. The van der Waals surface area contributed by atoms with Crippen molar-refractivity contribution < 1.29 is 19.6 Å². The van der Waals surface area contributed by atoms with Crippen LogP contribution in [-0.4, -0.2) is 34.8 Å². The fourth-order valence-corrected chi connectivity index (χ4v) is 2.20. The van der Waals surface area contributed by atoms with Crippen LogP contribution in [0.5, 0.6) is 0 Å². The topological polar surface area (TPSA) is 81.9 Å². The Bertz CT molecular complexity index is 343. The summed E-state index contributed by atoms with van der Waals surface area (Å²) in [5, 5.41) is 11.1. The molecule has 1 atom stereocenters. The molecule has 0 bridgehead atoms. The summed E-state index contributed by atoms with van der Waals surface area (Å²) in [4.78, 5) is 31.6. The molecule has 1 rings (SSSR count). The van der Waals surface area contributed by atoms with Crippen molar-refractivity contribution in [2.45, 2.75) is 46.1 Å². The van der Waals surface area contributed by atoms with Crippen LogP contribution < -0.4 is 0 Å². The van der Waals surface area contributed by atoms with Gasteiger partial charge in [-0.15, -0.1) is 15.2 Å². The number of hydroxylamine groups is 2. The van der Waals surface area contributed by atoms with E-state index in [1.807, 2.05) is 13.8 Å². The van der Waals surface area contributed by atoms with Crippen LogP contribution in [0.25, 0.3) is 0 Å². The minimum atomic E-state index is -0.766. The van der Waals surface area contributed by atoms with E-state index in [1.54, 1.807) is 18.9 Å². The third-order valence-corrected chi connectivity index (χ3v) is 3.29. The molecule has 0 amide bonds. The van der Waals surface area contributed by atoms with Gasteiger partial charge in [0.05, 0.1) is 18.1 Å². The van der Waals surface area contributed by atoms with Gasteiger partial charge in [0.25, 0.3) is 5.09 Å². The lowest BCUT2D eigenvalue weighted by Crippen LogP contribution is -2.51. The molecule has 7 nitrogen and oxygen atoms in total. The number of hydrogen-bond acceptors (Lipinski definition) is 6. The zero-order valence-electron chi connectivity index (χ0n) is 11.9. The Hall–Kier alpha value is -1.37. The second-order valence-electron chi connectivity index (χ2n) is 5.86. The smallest absolute Gasteiger partial charge is 0.327 e. The first-order chi connectivity index (χ1) is 8.72. The van der Waals surface area contributed by atoms with Crippen molar-refractivity contribution in [3.63, 3.8) is 0 Å². The molecule has 110 valence electrons. The first kappa shape index (κ1) is 15.7. The Kier molecular flexibility index (Phi) is 5.11. The van der Waals surface area contributed by atoms with E-state index in [0.717, 1.165) is 0 Å². The molecule has 1 saturated heterocycles. The zero-order valence-corrected chi connectivity index (χ0v) is 11.9. The molecule has 0 aromatic heterocycles. The first-order valence-corrected chi connectivity index (χ1v) is 6.49. The Morgan fingerprint density at radius 2 is 2.16 bits per heavy atom. The van der Waals surface area contributed by atoms with Gasteiger partial charge in [-0.25, -0.2) is 0 Å². The number of carbonyl (C=O) groups excluding carboxylic acids is 1. The van der Waals surface area contributed by atoms with Gasteiger partial charge in [-0.05, 0) is 32.6 Å². The SMILES string of the molecule is CC(C)C(=O)ON1CCC(CO[N+](=O)[O-])CC1(C)C. The lowest BCUT2D eigenvalue weighted by molar-refractivity contribution is -0.759. The molecule has 0 N–H and O–H groups in total. The van der Waals surface area contributed by atoms with E-state index in [9.17, 15) is 14.9 Å². The predicted octanol–water partition coefficient (Wildman–Crippen LogP) is 1.80. The standard InChI is InChI=1S/C12H22N2O5/c1-9(2)11(15)19-13-6-5-10(7-12(13,3)4)8-18-14(16)17/h9-10H,5-8H2,1-4H3. The average molecular weight is 274 g/mol. The number of hydrogen-bond donors (Lipinski definition) is 0. The molecule has 1 unspecified atom stereocenters. The number of piperidine rings is 1. The summed E-state index contributed by atoms with van der Waals surface area (Å²) in [6.07, 6.45) is 1.40. The monoisotopic (exact) mass is 274 g/mol. The molecular formula is C12H22N2O5. The second-order valence-corrected chi connectivity index (χ2v) is 5.86. The molecule has 0 aromatic carbocycles. The summed E-state index contributed by atoms with van der Waals surface area (Å²) < 4.78 is 0. The predicted molar refractivity (Wildman–Crippen MR) is 67.4 cm³/mol. The van der Waals surface area contributed by atoms with E-state index in [-0.39, 0.29) is 30.0 Å². The van der Waals surface area contributed by atoms with Gasteiger partial charge in [0.15, 0.2) is 0 Å². The largest absolute Gasteiger partial charge is 0.367 e.